The van der Waals surface area contributed by atoms with Crippen molar-refractivity contribution in [2.24, 2.45) is 5.73 Å². The van der Waals surface area contributed by atoms with Crippen molar-refractivity contribution in [1.82, 2.24) is 0 Å². The zero-order valence-electron chi connectivity index (χ0n) is 11.0. The van der Waals surface area contributed by atoms with Gasteiger partial charge in [-0.05, 0) is 26.3 Å². The molecule has 2 N–H and O–H groups in total. The fraction of sp³-hybridized carbons (Fsp3) is 0.571. The minimum absolute atomic E-state index is 0.968. The van der Waals surface area contributed by atoms with Crippen molar-refractivity contribution in [3.8, 4) is 12.3 Å². The van der Waals surface area contributed by atoms with Crippen LogP contribution in [0.5, 0.6) is 0 Å². The summed E-state index contributed by atoms with van der Waals surface area (Å²) in [7, 11) is 0. The summed E-state index contributed by atoms with van der Waals surface area (Å²) in [6.07, 6.45) is 13.9. The maximum absolute atomic E-state index is 5.58. The summed E-state index contributed by atoms with van der Waals surface area (Å²) in [5, 5.41) is 0. The van der Waals surface area contributed by atoms with Gasteiger partial charge in [0.05, 0.1) is 0 Å². The topological polar surface area (TPSA) is 26.0 Å². The van der Waals surface area contributed by atoms with Gasteiger partial charge in [0, 0.05) is 5.70 Å². The van der Waals surface area contributed by atoms with Crippen LogP contribution in [0.1, 0.15) is 53.9 Å². The lowest BCUT2D eigenvalue weighted by Crippen LogP contribution is -1.94. The minimum Gasteiger partial charge on any atom is -0.402 e. The number of hydrogen-bond acceptors (Lipinski definition) is 1. The molecule has 88 valence electrons. The zero-order chi connectivity index (χ0) is 12.5. The van der Waals surface area contributed by atoms with Crippen molar-refractivity contribution in [1.29, 1.82) is 0 Å². The Balaban J connectivity index is -0.000000200. The van der Waals surface area contributed by atoms with E-state index < -0.39 is 0 Å². The molecule has 0 spiro atoms. The molecule has 0 rings (SSSR count). The molecular formula is C14H27N. The van der Waals surface area contributed by atoms with E-state index in [0.717, 1.165) is 18.5 Å². The van der Waals surface area contributed by atoms with Gasteiger partial charge in [0.2, 0.25) is 0 Å². The Morgan fingerprint density at radius 1 is 1.33 bits per heavy atom. The lowest BCUT2D eigenvalue weighted by molar-refractivity contribution is 0.893. The lowest BCUT2D eigenvalue weighted by Gasteiger charge is -1.92. The van der Waals surface area contributed by atoms with Crippen LogP contribution in [0.15, 0.2) is 23.9 Å². The van der Waals surface area contributed by atoms with E-state index in [1.807, 2.05) is 25.2 Å². The van der Waals surface area contributed by atoms with Crippen LogP contribution < -0.4 is 5.73 Å². The highest BCUT2D eigenvalue weighted by molar-refractivity contribution is 5.08. The summed E-state index contributed by atoms with van der Waals surface area (Å²) >= 11 is 0. The monoisotopic (exact) mass is 209 g/mol. The molecule has 1 nitrogen and oxygen atoms in total. The second-order valence-electron chi connectivity index (χ2n) is 3.01. The maximum atomic E-state index is 5.58. The molecule has 1 heteroatoms. The molecule has 0 aromatic heterocycles. The first-order valence-electron chi connectivity index (χ1n) is 5.58. The highest BCUT2D eigenvalue weighted by atomic mass is 14.6. The van der Waals surface area contributed by atoms with Crippen molar-refractivity contribution >= 4 is 0 Å². The molecule has 0 atom stereocenters. The van der Waals surface area contributed by atoms with Crippen molar-refractivity contribution in [3.63, 3.8) is 0 Å². The van der Waals surface area contributed by atoms with Crippen LogP contribution in [0, 0.1) is 12.3 Å². The standard InChI is InChI=1S/C8H15N.C3H8.C3H4/c1-3-5-7-8(9)6-4-2;2*1-3-2/h3,5,7H,4,6,9H2,1-2H3;3H2,1-2H3;1H,2H3/b5-3-,8-7-;;. The number of nitrogens with two attached hydrogens (primary N) is 1. The Kier molecular flexibility index (Phi) is 29.8. The Morgan fingerprint density at radius 3 is 2.00 bits per heavy atom. The first kappa shape index (κ1) is 19.4. The van der Waals surface area contributed by atoms with Gasteiger partial charge in [-0.3, -0.25) is 0 Å². The van der Waals surface area contributed by atoms with E-state index in [4.69, 9.17) is 5.73 Å². The smallest absolute Gasteiger partial charge is 0.00802 e. The van der Waals surface area contributed by atoms with E-state index in [9.17, 15) is 0 Å². The van der Waals surface area contributed by atoms with Gasteiger partial charge in [-0.15, -0.1) is 12.3 Å². The molecule has 0 aromatic carbocycles. The van der Waals surface area contributed by atoms with Gasteiger partial charge in [-0.2, -0.15) is 0 Å². The van der Waals surface area contributed by atoms with Crippen LogP contribution in [0.4, 0.5) is 0 Å². The van der Waals surface area contributed by atoms with Gasteiger partial charge < -0.3 is 5.73 Å². The van der Waals surface area contributed by atoms with E-state index in [2.05, 4.69) is 33.1 Å². The normalized spacial score (nSPS) is 9.47. The molecule has 0 saturated heterocycles. The van der Waals surface area contributed by atoms with Crippen molar-refractivity contribution in [2.45, 2.75) is 53.9 Å². The van der Waals surface area contributed by atoms with E-state index in [-0.39, 0.29) is 0 Å². The predicted molar refractivity (Wildman–Crippen MR) is 72.5 cm³/mol. The van der Waals surface area contributed by atoms with Crippen molar-refractivity contribution < 1.29 is 0 Å². The quantitative estimate of drug-likeness (QED) is 0.545. The molecule has 15 heavy (non-hydrogen) atoms. The molecular weight excluding hydrogens is 182 g/mol. The van der Waals surface area contributed by atoms with Crippen LogP contribution in [0.3, 0.4) is 0 Å². The number of allylic oxidation sites excluding steroid dienone is 4. The minimum atomic E-state index is 0.968. The summed E-state index contributed by atoms with van der Waals surface area (Å²) in [5.74, 6) is 2.25. The summed E-state index contributed by atoms with van der Waals surface area (Å²) in [5.41, 5.74) is 6.55. The Labute approximate surface area is 96.5 Å². The molecule has 0 unspecified atom stereocenters. The Morgan fingerprint density at radius 2 is 1.73 bits per heavy atom. The summed E-state index contributed by atoms with van der Waals surface area (Å²) in [6.45, 7) is 10.0. The average Bonchev–Trinajstić information content (AvgIpc) is 2.18. The fourth-order valence-electron chi connectivity index (χ4n) is 0.592. The van der Waals surface area contributed by atoms with Gasteiger partial charge in [0.1, 0.15) is 0 Å². The molecule has 0 amide bonds. The molecule has 0 bridgehead atoms. The molecule has 0 aliphatic carbocycles. The average molecular weight is 209 g/mol. The molecule has 0 fully saturated rings. The largest absolute Gasteiger partial charge is 0.402 e. The number of rotatable bonds is 3. The lowest BCUT2D eigenvalue weighted by atomic mass is 10.2. The van der Waals surface area contributed by atoms with Crippen LogP contribution in [0.25, 0.3) is 0 Å². The summed E-state index contributed by atoms with van der Waals surface area (Å²) < 4.78 is 0. The molecule has 0 radical (unpaired) electrons. The van der Waals surface area contributed by atoms with Crippen molar-refractivity contribution in [2.75, 3.05) is 0 Å². The third-order valence-electron chi connectivity index (χ3n) is 1.04. The zero-order valence-corrected chi connectivity index (χ0v) is 11.0. The number of terminal acetylenes is 1. The SMILES string of the molecule is C#CC.C/C=C\C=C(/N)CCC.CCC. The van der Waals surface area contributed by atoms with Gasteiger partial charge in [-0.1, -0.05) is 45.8 Å². The van der Waals surface area contributed by atoms with Crippen LogP contribution in [-0.2, 0) is 0 Å². The molecule has 0 heterocycles. The van der Waals surface area contributed by atoms with E-state index in [1.54, 1.807) is 6.92 Å². The van der Waals surface area contributed by atoms with Crippen LogP contribution in [-0.4, -0.2) is 0 Å². The van der Waals surface area contributed by atoms with E-state index >= 15 is 0 Å². The van der Waals surface area contributed by atoms with Gasteiger partial charge >= 0.3 is 0 Å². The highest BCUT2D eigenvalue weighted by Gasteiger charge is 1.82. The first-order valence-corrected chi connectivity index (χ1v) is 5.58. The third kappa shape index (κ3) is 44.2. The van der Waals surface area contributed by atoms with Crippen molar-refractivity contribution in [3.05, 3.63) is 23.9 Å². The molecule has 0 aromatic rings. The molecule has 0 aliphatic rings. The fourth-order valence-corrected chi connectivity index (χ4v) is 0.592. The van der Waals surface area contributed by atoms with E-state index in [1.165, 1.54) is 6.42 Å². The van der Waals surface area contributed by atoms with E-state index in [0.29, 0.717) is 0 Å². The highest BCUT2D eigenvalue weighted by Crippen LogP contribution is 1.95. The summed E-state index contributed by atoms with van der Waals surface area (Å²) in [6, 6.07) is 0. The molecule has 0 aliphatic heterocycles. The Bertz CT molecular complexity index is 182. The third-order valence-corrected chi connectivity index (χ3v) is 1.04. The number of hydrogen-bond donors (Lipinski definition) is 1. The summed E-state index contributed by atoms with van der Waals surface area (Å²) in [4.78, 5) is 0. The van der Waals surface area contributed by atoms with Gasteiger partial charge in [0.15, 0.2) is 0 Å². The Hall–Kier alpha value is -1.16. The van der Waals surface area contributed by atoms with Gasteiger partial charge in [-0.25, -0.2) is 0 Å². The second kappa shape index (κ2) is 23.0. The second-order valence-corrected chi connectivity index (χ2v) is 3.01. The molecule has 0 saturated carbocycles. The first-order chi connectivity index (χ1) is 7.14. The van der Waals surface area contributed by atoms with Gasteiger partial charge in [0.25, 0.3) is 0 Å². The van der Waals surface area contributed by atoms with Crippen LogP contribution in [0.2, 0.25) is 0 Å². The maximum Gasteiger partial charge on any atom is 0.00802 e. The van der Waals surface area contributed by atoms with Crippen LogP contribution >= 0.6 is 0 Å². The predicted octanol–water partition coefficient (Wildman–Crippen LogP) is 4.26.